The van der Waals surface area contributed by atoms with Gasteiger partial charge in [0.05, 0.1) is 0 Å². The summed E-state index contributed by atoms with van der Waals surface area (Å²) in [6.07, 6.45) is 0. The van der Waals surface area contributed by atoms with E-state index < -0.39 is 21.7 Å². The molecular formula is C22H10O6. The van der Waals surface area contributed by atoms with E-state index in [0.717, 1.165) is 0 Å². The van der Waals surface area contributed by atoms with Crippen LogP contribution in [0, 0.1) is 0 Å². The molecule has 0 aliphatic carbocycles. The van der Waals surface area contributed by atoms with Gasteiger partial charge >= 0.3 is 0 Å². The first-order chi connectivity index (χ1) is 13.4. The van der Waals surface area contributed by atoms with E-state index in [1.165, 1.54) is 48.5 Å². The molecule has 0 saturated carbocycles. The molecule has 0 unspecified atom stereocenters. The lowest BCUT2D eigenvalue weighted by atomic mass is 9.96. The van der Waals surface area contributed by atoms with Gasteiger partial charge in [-0.15, -0.1) is 0 Å². The summed E-state index contributed by atoms with van der Waals surface area (Å²) in [6, 6.07) is 10.3. The first kappa shape index (κ1) is 16.1. The van der Waals surface area contributed by atoms with Crippen molar-refractivity contribution in [1.82, 2.24) is 0 Å². The molecule has 0 heterocycles. The molecule has 134 valence electrons. The highest BCUT2D eigenvalue weighted by Gasteiger charge is 2.16. The maximum Gasteiger partial charge on any atom is 0.194 e. The fourth-order valence-corrected chi connectivity index (χ4v) is 3.77. The topological polar surface area (TPSA) is 109 Å². The Morgan fingerprint density at radius 2 is 0.679 bits per heavy atom. The summed E-state index contributed by atoms with van der Waals surface area (Å²) in [6.45, 7) is 0. The van der Waals surface area contributed by atoms with E-state index in [4.69, 9.17) is 0 Å². The number of phenolic OH excluding ortho intramolecular Hbond substituents is 2. The van der Waals surface area contributed by atoms with Crippen LogP contribution in [-0.4, -0.2) is 10.2 Å². The highest BCUT2D eigenvalue weighted by Crippen LogP contribution is 2.23. The second-order valence-corrected chi connectivity index (χ2v) is 6.72. The average Bonchev–Trinajstić information content (AvgIpc) is 2.69. The number of hydrogen-bond acceptors (Lipinski definition) is 6. The Morgan fingerprint density at radius 3 is 1.04 bits per heavy atom. The molecule has 5 aromatic rings. The molecule has 0 amide bonds. The Balaban J connectivity index is 2.12. The normalized spacial score (nSPS) is 11.7. The number of benzene rings is 5. The predicted molar refractivity (Wildman–Crippen MR) is 107 cm³/mol. The molecule has 0 aromatic heterocycles. The maximum absolute atomic E-state index is 12.9. The van der Waals surface area contributed by atoms with Crippen molar-refractivity contribution in [1.29, 1.82) is 0 Å². The molecule has 0 atom stereocenters. The number of fused-ring (bicyclic) bond motifs is 4. The molecule has 5 aromatic carbocycles. The molecule has 6 nitrogen and oxygen atoms in total. The van der Waals surface area contributed by atoms with Gasteiger partial charge in [-0.2, -0.15) is 0 Å². The third-order valence-electron chi connectivity index (χ3n) is 5.12. The molecular weight excluding hydrogens is 360 g/mol. The Labute approximate surface area is 154 Å². The van der Waals surface area contributed by atoms with Crippen molar-refractivity contribution in [2.75, 3.05) is 0 Å². The number of rotatable bonds is 0. The molecule has 0 spiro atoms. The summed E-state index contributed by atoms with van der Waals surface area (Å²) in [5.41, 5.74) is -1.93. The Kier molecular flexibility index (Phi) is 3.02. The molecule has 0 aliphatic rings. The summed E-state index contributed by atoms with van der Waals surface area (Å²) in [4.78, 5) is 51.5. The van der Waals surface area contributed by atoms with Gasteiger partial charge in [0, 0.05) is 43.1 Å². The second-order valence-electron chi connectivity index (χ2n) is 6.72. The van der Waals surface area contributed by atoms with E-state index in [1.54, 1.807) is 0 Å². The van der Waals surface area contributed by atoms with Crippen molar-refractivity contribution in [3.8, 4) is 11.5 Å². The first-order valence-corrected chi connectivity index (χ1v) is 8.39. The van der Waals surface area contributed by atoms with Crippen LogP contribution in [0.2, 0.25) is 0 Å². The monoisotopic (exact) mass is 370 g/mol. The maximum atomic E-state index is 12.9. The summed E-state index contributed by atoms with van der Waals surface area (Å²) in [7, 11) is 0. The van der Waals surface area contributed by atoms with Gasteiger partial charge in [0.1, 0.15) is 11.5 Å². The van der Waals surface area contributed by atoms with Crippen LogP contribution in [-0.2, 0) is 0 Å². The van der Waals surface area contributed by atoms with Crippen LogP contribution < -0.4 is 21.7 Å². The van der Waals surface area contributed by atoms with Gasteiger partial charge in [-0.05, 0) is 48.5 Å². The lowest BCUT2D eigenvalue weighted by molar-refractivity contribution is 0.475. The Morgan fingerprint density at radius 1 is 0.393 bits per heavy atom. The Hall–Kier alpha value is -4.06. The van der Waals surface area contributed by atoms with Gasteiger partial charge in [0.15, 0.2) is 21.7 Å². The molecule has 0 radical (unpaired) electrons. The van der Waals surface area contributed by atoms with E-state index in [1.807, 2.05) is 0 Å². The number of hydrogen-bond donors (Lipinski definition) is 2. The van der Waals surface area contributed by atoms with Gasteiger partial charge in [0.25, 0.3) is 0 Å². The molecule has 0 fully saturated rings. The number of phenols is 2. The van der Waals surface area contributed by atoms with Gasteiger partial charge < -0.3 is 10.2 Å². The minimum Gasteiger partial charge on any atom is -0.508 e. The second kappa shape index (κ2) is 5.23. The highest BCUT2D eigenvalue weighted by atomic mass is 16.3. The lowest BCUT2D eigenvalue weighted by Crippen LogP contribution is -2.17. The predicted octanol–water partition coefficient (Wildman–Crippen LogP) is 2.03. The van der Waals surface area contributed by atoms with Crippen LogP contribution in [0.15, 0.2) is 67.7 Å². The van der Waals surface area contributed by atoms with E-state index in [0.29, 0.717) is 0 Å². The zero-order valence-electron chi connectivity index (χ0n) is 14.1. The molecule has 0 aliphatic heterocycles. The van der Waals surface area contributed by atoms with Crippen molar-refractivity contribution < 1.29 is 10.2 Å². The molecule has 5 rings (SSSR count). The smallest absolute Gasteiger partial charge is 0.194 e. The largest absolute Gasteiger partial charge is 0.508 e. The molecule has 28 heavy (non-hydrogen) atoms. The quantitative estimate of drug-likeness (QED) is 0.404. The van der Waals surface area contributed by atoms with Gasteiger partial charge in [-0.3, -0.25) is 19.2 Å². The number of aromatic hydroxyl groups is 2. The fraction of sp³-hybridized carbons (Fsp3) is 0. The first-order valence-electron chi connectivity index (χ1n) is 8.39. The SMILES string of the molecule is O=c1c2ccc(O)cc2c(=O)c2cc3c(=O)c4ccc(O)cc4c(=O)c3cc12. The highest BCUT2D eigenvalue weighted by molar-refractivity contribution is 6.07. The molecule has 6 heteroatoms. The minimum absolute atomic E-state index is 0.0187. The third-order valence-corrected chi connectivity index (χ3v) is 5.12. The summed E-state index contributed by atoms with van der Waals surface area (Å²) < 4.78 is 0. The van der Waals surface area contributed by atoms with E-state index in [2.05, 4.69) is 0 Å². The fourth-order valence-electron chi connectivity index (χ4n) is 3.77. The average molecular weight is 370 g/mol. The van der Waals surface area contributed by atoms with E-state index >= 15 is 0 Å². The summed E-state index contributed by atoms with van der Waals surface area (Å²) in [5.74, 6) is -0.303. The van der Waals surface area contributed by atoms with Crippen molar-refractivity contribution >= 4 is 43.1 Å². The zero-order valence-corrected chi connectivity index (χ0v) is 14.1. The van der Waals surface area contributed by atoms with Crippen LogP contribution in [0.3, 0.4) is 0 Å². The summed E-state index contributed by atoms with van der Waals surface area (Å²) >= 11 is 0. The van der Waals surface area contributed by atoms with Crippen LogP contribution in [0.25, 0.3) is 43.1 Å². The van der Waals surface area contributed by atoms with Crippen LogP contribution in [0.1, 0.15) is 0 Å². The van der Waals surface area contributed by atoms with Gasteiger partial charge in [-0.1, -0.05) is 0 Å². The van der Waals surface area contributed by atoms with Crippen molar-refractivity contribution in [3.63, 3.8) is 0 Å². The third kappa shape index (κ3) is 1.97. The Bertz CT molecular complexity index is 1580. The van der Waals surface area contributed by atoms with Gasteiger partial charge in [-0.25, -0.2) is 0 Å². The van der Waals surface area contributed by atoms with Crippen LogP contribution in [0.4, 0.5) is 0 Å². The van der Waals surface area contributed by atoms with E-state index in [-0.39, 0.29) is 54.6 Å². The molecule has 0 saturated heterocycles. The van der Waals surface area contributed by atoms with Gasteiger partial charge in [0.2, 0.25) is 0 Å². The minimum atomic E-state index is -0.500. The van der Waals surface area contributed by atoms with Crippen LogP contribution in [0.5, 0.6) is 11.5 Å². The molecule has 0 bridgehead atoms. The molecule has 2 N–H and O–H groups in total. The standard InChI is InChI=1S/C22H10O6/c23-9-1-3-11-13(5-9)21(27)17-8-16-18(7-15(17)19(11)25)22(28)14-6-10(24)2-4-12(14)20(16)26/h1-8,23-24H. The van der Waals surface area contributed by atoms with Crippen molar-refractivity contribution in [3.05, 3.63) is 89.4 Å². The summed E-state index contributed by atoms with van der Waals surface area (Å²) in [5, 5.41) is 19.8. The van der Waals surface area contributed by atoms with Crippen molar-refractivity contribution in [2.45, 2.75) is 0 Å². The van der Waals surface area contributed by atoms with Crippen LogP contribution >= 0.6 is 0 Å². The zero-order chi connectivity index (χ0) is 19.7. The van der Waals surface area contributed by atoms with E-state index in [9.17, 15) is 29.4 Å². The lowest BCUT2D eigenvalue weighted by Gasteiger charge is -2.05. The van der Waals surface area contributed by atoms with Crippen molar-refractivity contribution in [2.24, 2.45) is 0 Å².